The first-order valence-corrected chi connectivity index (χ1v) is 8.44. The summed E-state index contributed by atoms with van der Waals surface area (Å²) in [6.07, 6.45) is 5.57. The van der Waals surface area contributed by atoms with Gasteiger partial charge in [-0.15, -0.1) is 0 Å². The molecule has 0 aliphatic heterocycles. The number of ketones is 1. The zero-order chi connectivity index (χ0) is 17.8. The van der Waals surface area contributed by atoms with Crippen LogP contribution in [0, 0.1) is 0 Å². The van der Waals surface area contributed by atoms with Gasteiger partial charge in [0.2, 0.25) is 0 Å². The maximum Gasteiger partial charge on any atom is 0.185 e. The third kappa shape index (κ3) is 4.00. The molecule has 1 aliphatic rings. The number of nitrogens with zero attached hydrogens (tertiary/aromatic N) is 1. The van der Waals surface area contributed by atoms with Crippen molar-refractivity contribution in [3.05, 3.63) is 70.8 Å². The summed E-state index contributed by atoms with van der Waals surface area (Å²) in [5.41, 5.74) is 4.96. The molecule has 0 N–H and O–H groups in total. The molecule has 2 aromatic carbocycles. The van der Waals surface area contributed by atoms with Gasteiger partial charge in [-0.2, -0.15) is 0 Å². The van der Waals surface area contributed by atoms with Gasteiger partial charge in [0.25, 0.3) is 0 Å². The predicted molar refractivity (Wildman–Crippen MR) is 104 cm³/mol. The van der Waals surface area contributed by atoms with Gasteiger partial charge in [0.05, 0.1) is 7.11 Å². The lowest BCUT2D eigenvalue weighted by Crippen LogP contribution is -2.07. The van der Waals surface area contributed by atoms with Crippen LogP contribution < -0.4 is 9.64 Å². The number of ether oxygens (including phenoxy) is 1. The molecule has 1 fully saturated rings. The average Bonchev–Trinajstić information content (AvgIpc) is 2.96. The van der Waals surface area contributed by atoms with Gasteiger partial charge in [-0.1, -0.05) is 24.3 Å². The highest BCUT2D eigenvalue weighted by molar-refractivity contribution is 6.15. The van der Waals surface area contributed by atoms with Gasteiger partial charge < -0.3 is 9.64 Å². The summed E-state index contributed by atoms with van der Waals surface area (Å²) in [4.78, 5) is 14.7. The van der Waals surface area contributed by atoms with Gasteiger partial charge >= 0.3 is 0 Å². The van der Waals surface area contributed by atoms with Crippen LogP contribution in [0.4, 0.5) is 5.69 Å². The summed E-state index contributed by atoms with van der Waals surface area (Å²) < 4.78 is 5.24. The van der Waals surface area contributed by atoms with E-state index >= 15 is 0 Å². The van der Waals surface area contributed by atoms with E-state index < -0.39 is 0 Å². The van der Waals surface area contributed by atoms with E-state index in [1.54, 1.807) is 7.11 Å². The first-order valence-electron chi connectivity index (χ1n) is 8.44. The van der Waals surface area contributed by atoms with Crippen LogP contribution in [-0.2, 0) is 4.79 Å². The molecule has 0 radical (unpaired) electrons. The predicted octanol–water partition coefficient (Wildman–Crippen LogP) is 4.59. The number of benzene rings is 2. The highest BCUT2D eigenvalue weighted by Gasteiger charge is 2.22. The molecule has 2 aromatic rings. The van der Waals surface area contributed by atoms with Crippen LogP contribution in [0.5, 0.6) is 5.75 Å². The zero-order valence-corrected chi connectivity index (χ0v) is 15.0. The van der Waals surface area contributed by atoms with Crippen LogP contribution in [0.25, 0.3) is 12.2 Å². The van der Waals surface area contributed by atoms with E-state index in [9.17, 15) is 4.79 Å². The smallest absolute Gasteiger partial charge is 0.185 e. The highest BCUT2D eigenvalue weighted by Crippen LogP contribution is 2.30. The summed E-state index contributed by atoms with van der Waals surface area (Å²) in [5, 5.41) is 0. The Morgan fingerprint density at radius 2 is 1.56 bits per heavy atom. The van der Waals surface area contributed by atoms with Gasteiger partial charge in [0.15, 0.2) is 5.78 Å². The quantitative estimate of drug-likeness (QED) is 0.766. The van der Waals surface area contributed by atoms with Crippen molar-refractivity contribution in [3.8, 4) is 5.75 Å². The fourth-order valence-corrected chi connectivity index (χ4v) is 2.98. The van der Waals surface area contributed by atoms with Crippen molar-refractivity contribution in [2.75, 3.05) is 26.1 Å². The Bertz CT molecular complexity index is 829. The Kier molecular flexibility index (Phi) is 5.03. The summed E-state index contributed by atoms with van der Waals surface area (Å²) in [6.45, 7) is 0. The fraction of sp³-hybridized carbons (Fsp3) is 0.227. The number of hydrogen-bond acceptors (Lipinski definition) is 3. The average molecular weight is 333 g/mol. The Morgan fingerprint density at radius 3 is 2.16 bits per heavy atom. The Hall–Kier alpha value is -2.81. The van der Waals surface area contributed by atoms with E-state index in [4.69, 9.17) is 4.74 Å². The topological polar surface area (TPSA) is 29.5 Å². The van der Waals surface area contributed by atoms with E-state index in [0.717, 1.165) is 46.6 Å². The molecule has 3 rings (SSSR count). The molecule has 0 unspecified atom stereocenters. The van der Waals surface area contributed by atoms with Crippen LogP contribution in [0.1, 0.15) is 24.0 Å². The van der Waals surface area contributed by atoms with Crippen LogP contribution in [-0.4, -0.2) is 27.0 Å². The third-order valence-corrected chi connectivity index (χ3v) is 4.43. The molecule has 0 heterocycles. The molecule has 128 valence electrons. The number of carbonyl (C=O) groups is 1. The van der Waals surface area contributed by atoms with Gasteiger partial charge in [0, 0.05) is 30.9 Å². The van der Waals surface area contributed by atoms with E-state index in [1.165, 1.54) is 0 Å². The number of Topliss-reactive ketones (excluding diaryl/α,β-unsaturated/α-hetero) is 1. The number of anilines is 1. The Balaban J connectivity index is 1.80. The maximum absolute atomic E-state index is 12.7. The SMILES string of the molecule is COc1cccc(C=C2CCC(=Cc3ccc(N(C)C)cc3)C2=O)c1. The van der Waals surface area contributed by atoms with E-state index in [2.05, 4.69) is 29.2 Å². The summed E-state index contributed by atoms with van der Waals surface area (Å²) >= 11 is 0. The Labute approximate surface area is 149 Å². The second-order valence-electron chi connectivity index (χ2n) is 6.43. The van der Waals surface area contributed by atoms with Crippen molar-refractivity contribution in [3.63, 3.8) is 0 Å². The maximum atomic E-state index is 12.7. The van der Waals surface area contributed by atoms with Crippen LogP contribution >= 0.6 is 0 Å². The molecule has 25 heavy (non-hydrogen) atoms. The van der Waals surface area contributed by atoms with Gasteiger partial charge in [-0.25, -0.2) is 0 Å². The van der Waals surface area contributed by atoms with Crippen molar-refractivity contribution >= 4 is 23.6 Å². The lowest BCUT2D eigenvalue weighted by atomic mass is 10.1. The van der Waals surface area contributed by atoms with Gasteiger partial charge in [-0.3, -0.25) is 4.79 Å². The van der Waals surface area contributed by atoms with Crippen molar-refractivity contribution in [2.45, 2.75) is 12.8 Å². The molecule has 0 saturated heterocycles. The molecular weight excluding hydrogens is 310 g/mol. The Morgan fingerprint density at radius 1 is 0.920 bits per heavy atom. The first-order chi connectivity index (χ1) is 12.1. The molecule has 0 amide bonds. The van der Waals surface area contributed by atoms with Gasteiger partial charge in [0.1, 0.15) is 5.75 Å². The van der Waals surface area contributed by atoms with E-state index in [0.29, 0.717) is 0 Å². The van der Waals surface area contributed by atoms with Crippen molar-refractivity contribution in [1.82, 2.24) is 0 Å². The molecule has 0 atom stereocenters. The highest BCUT2D eigenvalue weighted by atomic mass is 16.5. The first kappa shape index (κ1) is 17.0. The van der Waals surface area contributed by atoms with Crippen LogP contribution in [0.2, 0.25) is 0 Å². The molecule has 3 heteroatoms. The van der Waals surface area contributed by atoms with E-state index in [-0.39, 0.29) is 5.78 Å². The monoisotopic (exact) mass is 333 g/mol. The second kappa shape index (κ2) is 7.39. The van der Waals surface area contributed by atoms with Crippen molar-refractivity contribution in [1.29, 1.82) is 0 Å². The molecule has 0 bridgehead atoms. The lowest BCUT2D eigenvalue weighted by Gasteiger charge is -2.11. The minimum atomic E-state index is 0.152. The lowest BCUT2D eigenvalue weighted by molar-refractivity contribution is -0.111. The largest absolute Gasteiger partial charge is 0.497 e. The number of carbonyl (C=O) groups excluding carboxylic acids is 1. The number of allylic oxidation sites excluding steroid dienone is 2. The molecule has 0 spiro atoms. The summed E-state index contributed by atoms with van der Waals surface area (Å²) in [5.74, 6) is 0.955. The zero-order valence-electron chi connectivity index (χ0n) is 15.0. The number of rotatable bonds is 4. The molecule has 3 nitrogen and oxygen atoms in total. The minimum Gasteiger partial charge on any atom is -0.497 e. The summed E-state index contributed by atoms with van der Waals surface area (Å²) in [7, 11) is 5.68. The van der Waals surface area contributed by atoms with Crippen LogP contribution in [0.15, 0.2) is 59.7 Å². The molecule has 0 aromatic heterocycles. The van der Waals surface area contributed by atoms with Crippen molar-refractivity contribution < 1.29 is 9.53 Å². The molecule has 1 aliphatic carbocycles. The van der Waals surface area contributed by atoms with Crippen LogP contribution in [0.3, 0.4) is 0 Å². The fourth-order valence-electron chi connectivity index (χ4n) is 2.98. The molecular formula is C22H23NO2. The van der Waals surface area contributed by atoms with E-state index in [1.807, 2.05) is 50.5 Å². The normalized spacial score (nSPS) is 17.3. The number of methoxy groups -OCH3 is 1. The second-order valence-corrected chi connectivity index (χ2v) is 6.43. The minimum absolute atomic E-state index is 0.152. The standard InChI is InChI=1S/C22H23NO2/c1-23(2)20-11-7-16(8-12-20)13-18-9-10-19(22(18)24)14-17-5-4-6-21(15-17)25-3/h4-8,11-15H,9-10H2,1-3H3. The summed E-state index contributed by atoms with van der Waals surface area (Å²) in [6, 6.07) is 16.0. The van der Waals surface area contributed by atoms with Crippen molar-refractivity contribution in [2.24, 2.45) is 0 Å². The van der Waals surface area contributed by atoms with Gasteiger partial charge in [-0.05, 0) is 60.4 Å². The third-order valence-electron chi connectivity index (χ3n) is 4.43. The number of hydrogen-bond donors (Lipinski definition) is 0. The molecule has 1 saturated carbocycles.